The van der Waals surface area contributed by atoms with Gasteiger partial charge in [0, 0.05) is 7.11 Å². The highest BCUT2D eigenvalue weighted by Crippen LogP contribution is 2.23. The monoisotopic (exact) mass is 224 g/mol. The largest absolute Gasteiger partial charge is 0.492 e. The van der Waals surface area contributed by atoms with E-state index in [0.29, 0.717) is 18.0 Å². The zero-order valence-electron chi connectivity index (χ0n) is 9.45. The van der Waals surface area contributed by atoms with Crippen molar-refractivity contribution in [2.45, 2.75) is 6.92 Å². The van der Waals surface area contributed by atoms with Crippen LogP contribution in [0, 0.1) is 0 Å². The third kappa shape index (κ3) is 3.78. The van der Waals surface area contributed by atoms with E-state index in [-0.39, 0.29) is 12.8 Å². The number of carbonyl (C=O) groups excluding carboxylic acids is 1. The van der Waals surface area contributed by atoms with Gasteiger partial charge in [-0.25, -0.2) is 4.79 Å². The molecule has 16 heavy (non-hydrogen) atoms. The van der Waals surface area contributed by atoms with Gasteiger partial charge in [-0.3, -0.25) is 0 Å². The Hall–Kier alpha value is -1.75. The minimum atomic E-state index is -0.325. The number of benzene rings is 1. The summed E-state index contributed by atoms with van der Waals surface area (Å²) in [6.07, 6.45) is 0. The summed E-state index contributed by atoms with van der Waals surface area (Å²) in [7, 11) is 1.51. The maximum atomic E-state index is 11.4. The lowest BCUT2D eigenvalue weighted by Gasteiger charge is -2.11. The number of amides is 2. The maximum absolute atomic E-state index is 11.4. The molecule has 2 N–H and O–H groups in total. The summed E-state index contributed by atoms with van der Waals surface area (Å²) in [6, 6.07) is 6.93. The summed E-state index contributed by atoms with van der Waals surface area (Å²) in [6.45, 7) is 2.61. The minimum absolute atomic E-state index is 0.169. The average Bonchev–Trinajstić information content (AvgIpc) is 2.29. The van der Waals surface area contributed by atoms with Crippen LogP contribution in [-0.2, 0) is 4.74 Å². The Labute approximate surface area is 94.7 Å². The molecular formula is C11H16N2O3. The Kier molecular flexibility index (Phi) is 5.15. The quantitative estimate of drug-likeness (QED) is 0.750. The van der Waals surface area contributed by atoms with Gasteiger partial charge in [-0.15, -0.1) is 0 Å². The van der Waals surface area contributed by atoms with Crippen molar-refractivity contribution < 1.29 is 14.3 Å². The van der Waals surface area contributed by atoms with Gasteiger partial charge in [0.2, 0.25) is 0 Å². The SMILES string of the molecule is CCOc1ccccc1NC(=O)NCOC. The zero-order valence-corrected chi connectivity index (χ0v) is 9.45. The molecule has 0 bridgehead atoms. The standard InChI is InChI=1S/C11H16N2O3/c1-3-16-10-7-5-4-6-9(10)13-11(14)12-8-15-2/h4-7H,3,8H2,1-2H3,(H2,12,13,14). The third-order valence-electron chi connectivity index (χ3n) is 1.81. The van der Waals surface area contributed by atoms with Crippen molar-refractivity contribution in [3.8, 4) is 5.75 Å². The molecule has 2 amide bonds. The van der Waals surface area contributed by atoms with E-state index in [1.165, 1.54) is 7.11 Å². The lowest BCUT2D eigenvalue weighted by atomic mass is 10.3. The van der Waals surface area contributed by atoms with E-state index in [4.69, 9.17) is 9.47 Å². The fourth-order valence-corrected chi connectivity index (χ4v) is 1.16. The van der Waals surface area contributed by atoms with Crippen molar-refractivity contribution in [3.63, 3.8) is 0 Å². The summed E-state index contributed by atoms with van der Waals surface area (Å²) < 4.78 is 10.1. The molecule has 0 aliphatic carbocycles. The molecule has 0 saturated heterocycles. The Bertz CT molecular complexity index is 342. The van der Waals surface area contributed by atoms with Crippen molar-refractivity contribution >= 4 is 11.7 Å². The van der Waals surface area contributed by atoms with Crippen LogP contribution < -0.4 is 15.4 Å². The van der Waals surface area contributed by atoms with Gasteiger partial charge in [0.15, 0.2) is 0 Å². The molecule has 0 saturated carbocycles. The highest BCUT2D eigenvalue weighted by Gasteiger charge is 2.05. The van der Waals surface area contributed by atoms with Crippen LogP contribution in [0.5, 0.6) is 5.75 Å². The summed E-state index contributed by atoms with van der Waals surface area (Å²) in [4.78, 5) is 11.4. The smallest absolute Gasteiger partial charge is 0.321 e. The van der Waals surface area contributed by atoms with E-state index < -0.39 is 0 Å². The van der Waals surface area contributed by atoms with Gasteiger partial charge in [-0.05, 0) is 19.1 Å². The summed E-state index contributed by atoms with van der Waals surface area (Å²) >= 11 is 0. The molecule has 0 unspecified atom stereocenters. The van der Waals surface area contributed by atoms with Gasteiger partial charge in [0.25, 0.3) is 0 Å². The molecule has 88 valence electrons. The van der Waals surface area contributed by atoms with E-state index in [1.807, 2.05) is 19.1 Å². The number of methoxy groups -OCH3 is 1. The first-order valence-electron chi connectivity index (χ1n) is 5.03. The second kappa shape index (κ2) is 6.68. The number of anilines is 1. The van der Waals surface area contributed by atoms with Gasteiger partial charge >= 0.3 is 6.03 Å². The lowest BCUT2D eigenvalue weighted by molar-refractivity contribution is 0.177. The highest BCUT2D eigenvalue weighted by atomic mass is 16.5. The number of rotatable bonds is 5. The number of para-hydroxylation sites is 2. The van der Waals surface area contributed by atoms with Crippen molar-refractivity contribution in [1.82, 2.24) is 5.32 Å². The van der Waals surface area contributed by atoms with Crippen LogP contribution in [0.15, 0.2) is 24.3 Å². The van der Waals surface area contributed by atoms with Crippen LogP contribution in [0.3, 0.4) is 0 Å². The van der Waals surface area contributed by atoms with Crippen molar-refractivity contribution in [1.29, 1.82) is 0 Å². The second-order valence-electron chi connectivity index (χ2n) is 2.99. The maximum Gasteiger partial charge on any atom is 0.321 e. The number of urea groups is 1. The number of hydrogen-bond acceptors (Lipinski definition) is 3. The first kappa shape index (κ1) is 12.3. The summed E-state index contributed by atoms with van der Waals surface area (Å²) in [5.41, 5.74) is 0.637. The molecule has 1 aromatic carbocycles. The van der Waals surface area contributed by atoms with Crippen molar-refractivity contribution in [2.75, 3.05) is 25.8 Å². The number of ether oxygens (including phenoxy) is 2. The topological polar surface area (TPSA) is 59.6 Å². The van der Waals surface area contributed by atoms with Gasteiger partial charge < -0.3 is 20.1 Å². The van der Waals surface area contributed by atoms with Gasteiger partial charge in [0.1, 0.15) is 12.5 Å². The van der Waals surface area contributed by atoms with Crippen LogP contribution in [0.1, 0.15) is 6.92 Å². The van der Waals surface area contributed by atoms with Crippen LogP contribution in [-0.4, -0.2) is 26.5 Å². The van der Waals surface area contributed by atoms with Gasteiger partial charge in [0.05, 0.1) is 12.3 Å². The fourth-order valence-electron chi connectivity index (χ4n) is 1.16. The predicted molar refractivity (Wildman–Crippen MR) is 61.6 cm³/mol. The summed E-state index contributed by atoms with van der Waals surface area (Å²) in [5.74, 6) is 0.651. The summed E-state index contributed by atoms with van der Waals surface area (Å²) in [5, 5.41) is 5.20. The molecule has 0 aromatic heterocycles. The lowest BCUT2D eigenvalue weighted by Crippen LogP contribution is -2.30. The first-order chi connectivity index (χ1) is 7.77. The Morgan fingerprint density at radius 3 is 2.81 bits per heavy atom. The molecule has 1 aromatic rings. The van der Waals surface area contributed by atoms with E-state index in [2.05, 4.69) is 10.6 Å². The van der Waals surface area contributed by atoms with Crippen LogP contribution in [0.25, 0.3) is 0 Å². The van der Waals surface area contributed by atoms with Crippen LogP contribution >= 0.6 is 0 Å². The minimum Gasteiger partial charge on any atom is -0.492 e. The Balaban J connectivity index is 2.61. The normalized spacial score (nSPS) is 9.62. The highest BCUT2D eigenvalue weighted by molar-refractivity contribution is 5.90. The molecule has 0 aliphatic heterocycles. The van der Waals surface area contributed by atoms with Crippen molar-refractivity contribution in [2.24, 2.45) is 0 Å². The molecule has 0 fully saturated rings. The van der Waals surface area contributed by atoms with E-state index in [1.54, 1.807) is 12.1 Å². The van der Waals surface area contributed by atoms with E-state index >= 15 is 0 Å². The molecule has 0 aliphatic rings. The van der Waals surface area contributed by atoms with E-state index in [0.717, 1.165) is 0 Å². The van der Waals surface area contributed by atoms with Gasteiger partial charge in [-0.2, -0.15) is 0 Å². The third-order valence-corrected chi connectivity index (χ3v) is 1.81. The fraction of sp³-hybridized carbons (Fsp3) is 0.364. The predicted octanol–water partition coefficient (Wildman–Crippen LogP) is 1.81. The molecular weight excluding hydrogens is 208 g/mol. The molecule has 0 heterocycles. The average molecular weight is 224 g/mol. The molecule has 0 spiro atoms. The van der Waals surface area contributed by atoms with Crippen molar-refractivity contribution in [3.05, 3.63) is 24.3 Å². The second-order valence-corrected chi connectivity index (χ2v) is 2.99. The van der Waals surface area contributed by atoms with Gasteiger partial charge in [-0.1, -0.05) is 12.1 Å². The van der Waals surface area contributed by atoms with Crippen LogP contribution in [0.2, 0.25) is 0 Å². The van der Waals surface area contributed by atoms with E-state index in [9.17, 15) is 4.79 Å². The van der Waals surface area contributed by atoms with Crippen LogP contribution in [0.4, 0.5) is 10.5 Å². The first-order valence-corrected chi connectivity index (χ1v) is 5.03. The molecule has 5 nitrogen and oxygen atoms in total. The molecule has 5 heteroatoms. The molecule has 0 atom stereocenters. The molecule has 0 radical (unpaired) electrons. The zero-order chi connectivity index (χ0) is 11.8. The number of carbonyl (C=O) groups is 1. The number of nitrogens with one attached hydrogen (secondary N) is 2. The Morgan fingerprint density at radius 2 is 2.12 bits per heavy atom. The Morgan fingerprint density at radius 1 is 1.38 bits per heavy atom. The number of hydrogen-bond donors (Lipinski definition) is 2. The molecule has 1 rings (SSSR count).